The molecule has 4 heterocycles. The maximum atomic E-state index is 12.9. The summed E-state index contributed by atoms with van der Waals surface area (Å²) in [6.45, 7) is 2.87. The molecule has 6 nitrogen and oxygen atoms in total. The fourth-order valence-corrected chi connectivity index (χ4v) is 4.16. The van der Waals surface area contributed by atoms with Crippen LogP contribution in [0.4, 0.5) is 0 Å². The third-order valence-corrected chi connectivity index (χ3v) is 5.63. The van der Waals surface area contributed by atoms with E-state index in [9.17, 15) is 9.59 Å². The van der Waals surface area contributed by atoms with Crippen molar-refractivity contribution in [2.24, 2.45) is 5.92 Å². The molecule has 0 N–H and O–H groups in total. The molecule has 2 atom stereocenters. The van der Waals surface area contributed by atoms with E-state index in [1.807, 2.05) is 22.4 Å². The van der Waals surface area contributed by atoms with Gasteiger partial charge in [0, 0.05) is 6.54 Å². The van der Waals surface area contributed by atoms with E-state index in [0.717, 1.165) is 18.6 Å². The second kappa shape index (κ2) is 6.48. The number of piperidine rings is 1. The van der Waals surface area contributed by atoms with Gasteiger partial charge in [0.05, 0.1) is 24.0 Å². The molecule has 0 aromatic carbocycles. The van der Waals surface area contributed by atoms with Gasteiger partial charge in [-0.15, -0.1) is 11.3 Å². The summed E-state index contributed by atoms with van der Waals surface area (Å²) in [5.41, 5.74) is -0.167. The average Bonchev–Trinajstić information content (AvgIpc) is 3.28. The minimum absolute atomic E-state index is 0.00318. The van der Waals surface area contributed by atoms with Gasteiger partial charge in [-0.25, -0.2) is 4.98 Å². The van der Waals surface area contributed by atoms with Crippen molar-refractivity contribution in [1.82, 2.24) is 14.5 Å². The molecule has 3 aromatic heterocycles. The van der Waals surface area contributed by atoms with Gasteiger partial charge < -0.3 is 9.32 Å². The summed E-state index contributed by atoms with van der Waals surface area (Å²) in [7, 11) is 0. The molecule has 1 fully saturated rings. The van der Waals surface area contributed by atoms with Crippen LogP contribution in [-0.4, -0.2) is 26.9 Å². The normalized spacial score (nSPS) is 20.9. The Morgan fingerprint density at radius 2 is 2.32 bits per heavy atom. The van der Waals surface area contributed by atoms with Crippen molar-refractivity contribution in [3.05, 3.63) is 52.3 Å². The molecule has 0 bridgehead atoms. The number of hydrogen-bond donors (Lipinski definition) is 0. The van der Waals surface area contributed by atoms with Crippen LogP contribution in [0.25, 0.3) is 10.2 Å². The Morgan fingerprint density at radius 1 is 1.44 bits per heavy atom. The highest BCUT2D eigenvalue weighted by Crippen LogP contribution is 2.34. The highest BCUT2D eigenvalue weighted by atomic mass is 32.1. The third-order valence-electron chi connectivity index (χ3n) is 4.81. The van der Waals surface area contributed by atoms with Gasteiger partial charge in [0.2, 0.25) is 5.91 Å². The number of aromatic nitrogens is 2. The van der Waals surface area contributed by atoms with E-state index in [-0.39, 0.29) is 24.1 Å². The summed E-state index contributed by atoms with van der Waals surface area (Å²) >= 11 is 1.42. The van der Waals surface area contributed by atoms with E-state index < -0.39 is 0 Å². The highest BCUT2D eigenvalue weighted by molar-refractivity contribution is 7.16. The van der Waals surface area contributed by atoms with E-state index in [0.29, 0.717) is 22.7 Å². The van der Waals surface area contributed by atoms with E-state index >= 15 is 0 Å². The zero-order valence-corrected chi connectivity index (χ0v) is 14.7. The maximum absolute atomic E-state index is 12.9. The fraction of sp³-hybridized carbons (Fsp3) is 0.389. The Kier molecular flexibility index (Phi) is 4.17. The average molecular weight is 357 g/mol. The van der Waals surface area contributed by atoms with Gasteiger partial charge >= 0.3 is 0 Å². The number of likely N-dealkylation sites (tertiary alicyclic amines) is 1. The summed E-state index contributed by atoms with van der Waals surface area (Å²) in [5, 5.41) is 2.40. The second-order valence-electron chi connectivity index (χ2n) is 6.56. The van der Waals surface area contributed by atoms with Crippen molar-refractivity contribution < 1.29 is 9.21 Å². The summed E-state index contributed by atoms with van der Waals surface area (Å²) in [6.07, 6.45) is 4.93. The predicted molar refractivity (Wildman–Crippen MR) is 95.4 cm³/mol. The first-order valence-electron chi connectivity index (χ1n) is 8.39. The van der Waals surface area contributed by atoms with Crippen LogP contribution in [0.1, 0.15) is 31.6 Å². The molecule has 7 heteroatoms. The SMILES string of the molecule is CC1CCN(C(=O)Cn2cnc3sccc3c2=O)C(c2ccco2)C1. The van der Waals surface area contributed by atoms with Crippen LogP contribution in [0.15, 0.2) is 45.4 Å². The van der Waals surface area contributed by atoms with Gasteiger partial charge in [-0.2, -0.15) is 0 Å². The Bertz CT molecular complexity index is 944. The Balaban J connectivity index is 1.60. The number of fused-ring (bicyclic) bond motifs is 1. The summed E-state index contributed by atoms with van der Waals surface area (Å²) in [5.74, 6) is 1.26. The number of hydrogen-bond acceptors (Lipinski definition) is 5. The molecule has 0 radical (unpaired) electrons. The standard InChI is InChI=1S/C18H19N3O3S/c1-12-4-6-21(14(9-12)15-3-2-7-24-15)16(22)10-20-11-19-17-13(18(20)23)5-8-25-17/h2-3,5,7-8,11-12,14H,4,6,9-10H2,1H3. The molecular formula is C18H19N3O3S. The number of amides is 1. The maximum Gasteiger partial charge on any atom is 0.262 e. The largest absolute Gasteiger partial charge is 0.467 e. The molecule has 4 rings (SSSR count). The van der Waals surface area contributed by atoms with Gasteiger partial charge in [0.15, 0.2) is 0 Å². The summed E-state index contributed by atoms with van der Waals surface area (Å²) < 4.78 is 6.95. The monoisotopic (exact) mass is 357 g/mol. The van der Waals surface area contributed by atoms with Gasteiger partial charge in [0.25, 0.3) is 5.56 Å². The van der Waals surface area contributed by atoms with Gasteiger partial charge in [-0.3, -0.25) is 14.2 Å². The van der Waals surface area contributed by atoms with E-state index in [2.05, 4.69) is 11.9 Å². The predicted octanol–water partition coefficient (Wildman–Crippen LogP) is 3.05. The lowest BCUT2D eigenvalue weighted by atomic mass is 9.91. The quantitative estimate of drug-likeness (QED) is 0.722. The van der Waals surface area contributed by atoms with E-state index in [1.54, 1.807) is 12.3 Å². The lowest BCUT2D eigenvalue weighted by Crippen LogP contribution is -2.43. The molecular weight excluding hydrogens is 338 g/mol. The first-order valence-corrected chi connectivity index (χ1v) is 9.27. The van der Waals surface area contributed by atoms with Gasteiger partial charge in [-0.05, 0) is 42.3 Å². The van der Waals surface area contributed by atoms with Crippen molar-refractivity contribution in [2.45, 2.75) is 32.4 Å². The van der Waals surface area contributed by atoms with Crippen molar-refractivity contribution in [3.63, 3.8) is 0 Å². The van der Waals surface area contributed by atoms with Gasteiger partial charge in [-0.1, -0.05) is 6.92 Å². The minimum atomic E-state index is -0.167. The molecule has 0 aliphatic carbocycles. The van der Waals surface area contributed by atoms with E-state index in [4.69, 9.17) is 4.42 Å². The van der Waals surface area contributed by atoms with Crippen molar-refractivity contribution in [3.8, 4) is 0 Å². The number of nitrogens with zero attached hydrogens (tertiary/aromatic N) is 3. The van der Waals surface area contributed by atoms with Crippen molar-refractivity contribution >= 4 is 27.5 Å². The minimum Gasteiger partial charge on any atom is -0.467 e. The topological polar surface area (TPSA) is 68.3 Å². The lowest BCUT2D eigenvalue weighted by molar-refractivity contribution is -0.137. The van der Waals surface area contributed by atoms with E-state index in [1.165, 1.54) is 22.2 Å². The molecule has 1 saturated heterocycles. The molecule has 3 aromatic rings. The van der Waals surface area contributed by atoms with Gasteiger partial charge in [0.1, 0.15) is 17.1 Å². The van der Waals surface area contributed by atoms with Crippen LogP contribution in [0, 0.1) is 5.92 Å². The summed E-state index contributed by atoms with van der Waals surface area (Å²) in [6, 6.07) is 5.44. The van der Waals surface area contributed by atoms with Crippen LogP contribution >= 0.6 is 11.3 Å². The van der Waals surface area contributed by atoms with Crippen molar-refractivity contribution in [2.75, 3.05) is 6.54 Å². The Hall–Kier alpha value is -2.41. The van der Waals surface area contributed by atoms with Crippen molar-refractivity contribution in [1.29, 1.82) is 0 Å². The molecule has 0 saturated carbocycles. The zero-order chi connectivity index (χ0) is 17.4. The van der Waals surface area contributed by atoms with Crippen LogP contribution < -0.4 is 5.56 Å². The van der Waals surface area contributed by atoms with Crippen LogP contribution in [0.2, 0.25) is 0 Å². The first-order chi connectivity index (χ1) is 12.1. The molecule has 1 aliphatic heterocycles. The van der Waals surface area contributed by atoms with Crippen LogP contribution in [0.5, 0.6) is 0 Å². The Morgan fingerprint density at radius 3 is 3.12 bits per heavy atom. The number of rotatable bonds is 3. The molecule has 130 valence electrons. The number of carbonyl (C=O) groups is 1. The third kappa shape index (κ3) is 3.00. The summed E-state index contributed by atoms with van der Waals surface area (Å²) in [4.78, 5) is 32.2. The molecule has 25 heavy (non-hydrogen) atoms. The zero-order valence-electron chi connectivity index (χ0n) is 13.9. The highest BCUT2D eigenvalue weighted by Gasteiger charge is 2.32. The molecule has 0 spiro atoms. The van der Waals surface area contributed by atoms with Crippen LogP contribution in [-0.2, 0) is 11.3 Å². The molecule has 1 aliphatic rings. The number of carbonyl (C=O) groups excluding carboxylic acids is 1. The van der Waals surface area contributed by atoms with Crippen LogP contribution in [0.3, 0.4) is 0 Å². The molecule has 2 unspecified atom stereocenters. The first kappa shape index (κ1) is 16.1. The fourth-order valence-electron chi connectivity index (χ4n) is 3.43. The molecule has 1 amide bonds. The smallest absolute Gasteiger partial charge is 0.262 e. The Labute approximate surface area is 148 Å². The lowest BCUT2D eigenvalue weighted by Gasteiger charge is -2.37. The number of furan rings is 1. The number of thiophene rings is 1. The second-order valence-corrected chi connectivity index (χ2v) is 7.46.